The summed E-state index contributed by atoms with van der Waals surface area (Å²) in [5, 5.41) is 0. The van der Waals surface area contributed by atoms with Gasteiger partial charge in [0.2, 0.25) is 0 Å². The fourth-order valence-electron chi connectivity index (χ4n) is 5.01. The number of nitrogens with zero attached hydrogens (tertiary/aromatic N) is 1. The van der Waals surface area contributed by atoms with Crippen molar-refractivity contribution in [3.63, 3.8) is 0 Å². The summed E-state index contributed by atoms with van der Waals surface area (Å²) in [5.74, 6) is 1.28. The van der Waals surface area contributed by atoms with Crippen molar-refractivity contribution in [2.45, 2.75) is 81.9 Å². The smallest absolute Gasteiger partial charge is 0.0332 e. The molecule has 0 radical (unpaired) electrons. The maximum absolute atomic E-state index is 6.33. The molecule has 0 bridgehead atoms. The van der Waals surface area contributed by atoms with Crippen LogP contribution in [0.4, 0.5) is 0 Å². The highest BCUT2D eigenvalue weighted by molar-refractivity contribution is 8.00. The molecule has 1 saturated heterocycles. The van der Waals surface area contributed by atoms with E-state index in [0.29, 0.717) is 10.3 Å². The predicted octanol–water partition coefficient (Wildman–Crippen LogP) is 4.04. The van der Waals surface area contributed by atoms with Crippen molar-refractivity contribution >= 4 is 11.8 Å². The van der Waals surface area contributed by atoms with Crippen LogP contribution in [-0.2, 0) is 0 Å². The van der Waals surface area contributed by atoms with E-state index in [1.165, 1.54) is 76.6 Å². The van der Waals surface area contributed by atoms with E-state index in [1.807, 2.05) is 0 Å². The Morgan fingerprint density at radius 1 is 0.905 bits per heavy atom. The summed E-state index contributed by atoms with van der Waals surface area (Å²) in [6, 6.07) is 0. The molecule has 2 nitrogen and oxygen atoms in total. The largest absolute Gasteiger partial charge is 0.329 e. The summed E-state index contributed by atoms with van der Waals surface area (Å²) >= 11 is 2.15. The maximum atomic E-state index is 6.33. The van der Waals surface area contributed by atoms with Gasteiger partial charge in [-0.05, 0) is 50.4 Å². The van der Waals surface area contributed by atoms with Crippen LogP contribution in [0, 0.1) is 5.41 Å². The zero-order valence-electron chi connectivity index (χ0n) is 14.1. The molecule has 1 spiro atoms. The van der Waals surface area contributed by atoms with Gasteiger partial charge in [0.05, 0.1) is 0 Å². The number of hydrogen-bond donors (Lipinski definition) is 1. The molecule has 3 rings (SSSR count). The molecule has 1 heterocycles. The van der Waals surface area contributed by atoms with Gasteiger partial charge >= 0.3 is 0 Å². The molecule has 0 atom stereocenters. The van der Waals surface area contributed by atoms with Gasteiger partial charge in [-0.15, -0.1) is 0 Å². The molecule has 0 amide bonds. The summed E-state index contributed by atoms with van der Waals surface area (Å²) in [4.78, 5) is 2.79. The van der Waals surface area contributed by atoms with E-state index in [0.717, 1.165) is 12.0 Å². The number of thioether (sulfide) groups is 1. The lowest BCUT2D eigenvalue weighted by atomic mass is 9.65. The molecule has 1 aliphatic heterocycles. The second kappa shape index (κ2) is 6.05. The van der Waals surface area contributed by atoms with Crippen molar-refractivity contribution < 1.29 is 0 Å². The van der Waals surface area contributed by atoms with Crippen molar-refractivity contribution in [3.8, 4) is 0 Å². The molecule has 3 fully saturated rings. The normalized spacial score (nSPS) is 32.1. The Morgan fingerprint density at radius 2 is 1.57 bits per heavy atom. The van der Waals surface area contributed by atoms with E-state index < -0.39 is 0 Å². The highest BCUT2D eigenvalue weighted by Gasteiger charge is 2.46. The van der Waals surface area contributed by atoms with Gasteiger partial charge in [0, 0.05) is 35.7 Å². The molecule has 0 unspecified atom stereocenters. The molecule has 2 saturated carbocycles. The average Bonchev–Trinajstić information content (AvgIpc) is 2.84. The third-order valence-electron chi connectivity index (χ3n) is 6.79. The first kappa shape index (κ1) is 16.1. The van der Waals surface area contributed by atoms with Crippen LogP contribution in [0.1, 0.15) is 71.6 Å². The van der Waals surface area contributed by atoms with Gasteiger partial charge < -0.3 is 5.73 Å². The minimum atomic E-state index is 0.328. The van der Waals surface area contributed by atoms with Gasteiger partial charge in [0.1, 0.15) is 0 Å². The molecule has 122 valence electrons. The van der Waals surface area contributed by atoms with Crippen LogP contribution in [0.3, 0.4) is 0 Å². The van der Waals surface area contributed by atoms with Gasteiger partial charge in [0.25, 0.3) is 0 Å². The maximum Gasteiger partial charge on any atom is 0.0332 e. The number of rotatable bonds is 2. The summed E-state index contributed by atoms with van der Waals surface area (Å²) in [6.45, 7) is 8.19. The van der Waals surface area contributed by atoms with Crippen LogP contribution in [0.2, 0.25) is 0 Å². The molecule has 2 aliphatic carbocycles. The fourth-order valence-corrected chi connectivity index (χ4v) is 6.11. The lowest BCUT2D eigenvalue weighted by molar-refractivity contribution is 0.0170. The van der Waals surface area contributed by atoms with Crippen molar-refractivity contribution in [1.82, 2.24) is 4.90 Å². The SMILES string of the molecule is CC1(C)CCN(C2(CN)CCC3(CCCC3)CC2)CCS1. The van der Waals surface area contributed by atoms with E-state index in [2.05, 4.69) is 30.5 Å². The Bertz CT molecular complexity index is 350. The monoisotopic (exact) mass is 310 g/mol. The second-order valence-corrected chi connectivity index (χ2v) is 10.3. The van der Waals surface area contributed by atoms with E-state index in [9.17, 15) is 0 Å². The van der Waals surface area contributed by atoms with Crippen LogP contribution in [-0.4, -0.2) is 40.6 Å². The lowest BCUT2D eigenvalue weighted by Gasteiger charge is -2.50. The highest BCUT2D eigenvalue weighted by Crippen LogP contribution is 2.52. The second-order valence-electron chi connectivity index (χ2n) is 8.48. The third-order valence-corrected chi connectivity index (χ3v) is 8.17. The Morgan fingerprint density at radius 3 is 2.19 bits per heavy atom. The quantitative estimate of drug-likeness (QED) is 0.835. The molecular formula is C18H34N2S. The van der Waals surface area contributed by atoms with E-state index >= 15 is 0 Å². The summed E-state index contributed by atoms with van der Waals surface area (Å²) < 4.78 is 0.450. The zero-order chi connectivity index (χ0) is 15.0. The Kier molecular flexibility index (Phi) is 4.65. The highest BCUT2D eigenvalue weighted by atomic mass is 32.2. The molecule has 2 N–H and O–H groups in total. The number of nitrogens with two attached hydrogens (primary N) is 1. The fraction of sp³-hybridized carbons (Fsp3) is 1.00. The van der Waals surface area contributed by atoms with Crippen LogP contribution in [0.5, 0.6) is 0 Å². The Balaban J connectivity index is 1.67. The van der Waals surface area contributed by atoms with Crippen LogP contribution in [0.25, 0.3) is 0 Å². The minimum absolute atomic E-state index is 0.328. The summed E-state index contributed by atoms with van der Waals surface area (Å²) in [7, 11) is 0. The first-order valence-corrected chi connectivity index (χ1v) is 10.1. The molecule has 3 aliphatic rings. The molecule has 3 heteroatoms. The van der Waals surface area contributed by atoms with Gasteiger partial charge in [0.15, 0.2) is 0 Å². The minimum Gasteiger partial charge on any atom is -0.329 e. The Labute approximate surface area is 135 Å². The van der Waals surface area contributed by atoms with Gasteiger partial charge in [-0.25, -0.2) is 0 Å². The molecule has 0 aromatic rings. The van der Waals surface area contributed by atoms with Crippen molar-refractivity contribution in [2.75, 3.05) is 25.4 Å². The van der Waals surface area contributed by atoms with Crippen molar-refractivity contribution in [2.24, 2.45) is 11.1 Å². The molecule has 0 aromatic heterocycles. The van der Waals surface area contributed by atoms with E-state index in [1.54, 1.807) is 0 Å². The molecule has 0 aromatic carbocycles. The lowest BCUT2D eigenvalue weighted by Crippen LogP contribution is -2.57. The van der Waals surface area contributed by atoms with Gasteiger partial charge in [-0.1, -0.05) is 26.7 Å². The first-order chi connectivity index (χ1) is 9.99. The summed E-state index contributed by atoms with van der Waals surface area (Å²) in [6.07, 6.45) is 12.9. The topological polar surface area (TPSA) is 29.3 Å². The van der Waals surface area contributed by atoms with Crippen molar-refractivity contribution in [1.29, 1.82) is 0 Å². The van der Waals surface area contributed by atoms with Crippen LogP contribution >= 0.6 is 11.8 Å². The van der Waals surface area contributed by atoms with Crippen LogP contribution < -0.4 is 5.73 Å². The van der Waals surface area contributed by atoms with Gasteiger partial charge in [-0.2, -0.15) is 11.8 Å². The van der Waals surface area contributed by atoms with E-state index in [-0.39, 0.29) is 0 Å². The summed E-state index contributed by atoms with van der Waals surface area (Å²) in [5.41, 5.74) is 7.38. The third kappa shape index (κ3) is 3.30. The zero-order valence-corrected chi connectivity index (χ0v) is 14.9. The number of hydrogen-bond acceptors (Lipinski definition) is 3. The molecule has 21 heavy (non-hydrogen) atoms. The molecular weight excluding hydrogens is 276 g/mol. The van der Waals surface area contributed by atoms with Gasteiger partial charge in [-0.3, -0.25) is 4.90 Å². The Hall–Kier alpha value is 0.270. The average molecular weight is 311 g/mol. The van der Waals surface area contributed by atoms with E-state index in [4.69, 9.17) is 5.73 Å². The van der Waals surface area contributed by atoms with Crippen LogP contribution in [0.15, 0.2) is 0 Å². The predicted molar refractivity (Wildman–Crippen MR) is 93.9 cm³/mol. The first-order valence-electron chi connectivity index (χ1n) is 9.09. The van der Waals surface area contributed by atoms with Crippen molar-refractivity contribution in [3.05, 3.63) is 0 Å². The standard InChI is InChI=1S/C18H34N2S/c1-16(2)11-12-20(13-14-21-16)18(15-19)9-7-17(8-10-18)5-3-4-6-17/h3-15,19H2,1-2H3.